The largest absolute Gasteiger partial charge is 0.391 e. The summed E-state index contributed by atoms with van der Waals surface area (Å²) in [6.45, 7) is 6.80. The molecule has 5 nitrogen and oxygen atoms in total. The van der Waals surface area contributed by atoms with Crippen LogP contribution in [0.5, 0.6) is 0 Å². The van der Waals surface area contributed by atoms with Crippen LogP contribution in [0.4, 0.5) is 0 Å². The summed E-state index contributed by atoms with van der Waals surface area (Å²) >= 11 is 0. The van der Waals surface area contributed by atoms with Crippen molar-refractivity contribution >= 4 is 9.84 Å². The first-order chi connectivity index (χ1) is 7.73. The van der Waals surface area contributed by atoms with E-state index < -0.39 is 21.5 Å². The number of ether oxygens (including phenoxy) is 1. The lowest BCUT2D eigenvalue weighted by Gasteiger charge is -2.43. The molecule has 1 aliphatic heterocycles. The second-order valence-corrected chi connectivity index (χ2v) is 7.45. The third-order valence-electron chi connectivity index (χ3n) is 3.40. The quantitative estimate of drug-likeness (QED) is 0.751. The lowest BCUT2D eigenvalue weighted by Crippen LogP contribution is -2.56. The average Bonchev–Trinajstić information content (AvgIpc) is 2.26. The number of aliphatic hydroxyl groups excluding tert-OH is 1. The van der Waals surface area contributed by atoms with Crippen molar-refractivity contribution in [2.75, 3.05) is 38.3 Å². The van der Waals surface area contributed by atoms with Gasteiger partial charge in [-0.15, -0.1) is 0 Å². The van der Waals surface area contributed by atoms with Crippen LogP contribution in [-0.2, 0) is 14.6 Å². The number of hydrogen-bond acceptors (Lipinski definition) is 5. The molecule has 1 atom stereocenters. The summed E-state index contributed by atoms with van der Waals surface area (Å²) < 4.78 is 27.5. The van der Waals surface area contributed by atoms with Gasteiger partial charge >= 0.3 is 0 Å². The fourth-order valence-corrected chi connectivity index (χ4v) is 2.68. The van der Waals surface area contributed by atoms with E-state index in [1.165, 1.54) is 6.26 Å². The smallest absolute Gasteiger partial charge is 0.147 e. The van der Waals surface area contributed by atoms with Crippen molar-refractivity contribution in [2.45, 2.75) is 31.9 Å². The summed E-state index contributed by atoms with van der Waals surface area (Å²) in [7, 11) is -3.01. The van der Waals surface area contributed by atoms with E-state index in [-0.39, 0.29) is 12.2 Å². The third-order valence-corrected chi connectivity index (χ3v) is 4.38. The van der Waals surface area contributed by atoms with Gasteiger partial charge in [-0.2, -0.15) is 0 Å². The Labute approximate surface area is 104 Å². The molecule has 0 aromatic heterocycles. The molecule has 0 saturated carbocycles. The highest BCUT2D eigenvalue weighted by Crippen LogP contribution is 2.22. The lowest BCUT2D eigenvalue weighted by atomic mass is 9.92. The number of sulfone groups is 1. The number of morpholine rings is 1. The molecule has 1 fully saturated rings. The van der Waals surface area contributed by atoms with Crippen LogP contribution in [0.25, 0.3) is 0 Å². The summed E-state index contributed by atoms with van der Waals surface area (Å²) in [5.41, 5.74) is -0.408. The van der Waals surface area contributed by atoms with Gasteiger partial charge in [-0.1, -0.05) is 0 Å². The lowest BCUT2D eigenvalue weighted by molar-refractivity contribution is -0.0621. The summed E-state index contributed by atoms with van der Waals surface area (Å²) in [6, 6.07) is 0. The molecule has 1 N–H and O–H groups in total. The molecule has 1 heterocycles. The molecule has 0 aromatic rings. The molecular formula is C11H23NO4S. The van der Waals surface area contributed by atoms with Crippen molar-refractivity contribution < 1.29 is 18.3 Å². The predicted octanol–water partition coefficient (Wildman–Crippen LogP) is -0.107. The van der Waals surface area contributed by atoms with Gasteiger partial charge in [0.05, 0.1) is 25.1 Å². The van der Waals surface area contributed by atoms with Crippen LogP contribution in [0.15, 0.2) is 0 Å². The third kappa shape index (κ3) is 4.54. The first-order valence-corrected chi connectivity index (χ1v) is 7.98. The average molecular weight is 265 g/mol. The molecule has 0 radical (unpaired) electrons. The predicted molar refractivity (Wildman–Crippen MR) is 66.8 cm³/mol. The van der Waals surface area contributed by atoms with E-state index in [0.29, 0.717) is 13.2 Å². The molecule has 102 valence electrons. The van der Waals surface area contributed by atoms with E-state index in [0.717, 1.165) is 13.1 Å². The van der Waals surface area contributed by atoms with Gasteiger partial charge in [-0.3, -0.25) is 4.90 Å². The minimum Gasteiger partial charge on any atom is -0.391 e. The Balaban J connectivity index is 2.55. The molecular weight excluding hydrogens is 242 g/mol. The van der Waals surface area contributed by atoms with E-state index in [2.05, 4.69) is 4.90 Å². The Kier molecular flexibility index (Phi) is 4.95. The number of hydrogen-bond donors (Lipinski definition) is 1. The Morgan fingerprint density at radius 2 is 1.88 bits per heavy atom. The van der Waals surface area contributed by atoms with Gasteiger partial charge in [0.2, 0.25) is 0 Å². The van der Waals surface area contributed by atoms with Crippen LogP contribution < -0.4 is 0 Å². The molecule has 17 heavy (non-hydrogen) atoms. The zero-order valence-electron chi connectivity index (χ0n) is 10.8. The topological polar surface area (TPSA) is 66.8 Å². The molecule has 0 spiro atoms. The molecule has 0 bridgehead atoms. The highest BCUT2D eigenvalue weighted by atomic mass is 32.2. The van der Waals surface area contributed by atoms with E-state index in [4.69, 9.17) is 4.74 Å². The minimum absolute atomic E-state index is 0.0297. The van der Waals surface area contributed by atoms with E-state index >= 15 is 0 Å². The van der Waals surface area contributed by atoms with E-state index in [1.807, 2.05) is 13.8 Å². The zero-order chi connectivity index (χ0) is 13.1. The maximum atomic E-state index is 11.1. The Morgan fingerprint density at radius 3 is 2.35 bits per heavy atom. The van der Waals surface area contributed by atoms with Crippen molar-refractivity contribution in [2.24, 2.45) is 0 Å². The monoisotopic (exact) mass is 265 g/mol. The van der Waals surface area contributed by atoms with Crippen LogP contribution in [0.3, 0.4) is 0 Å². The Bertz CT molecular complexity index is 333. The van der Waals surface area contributed by atoms with Gasteiger partial charge < -0.3 is 9.84 Å². The highest BCUT2D eigenvalue weighted by Gasteiger charge is 2.35. The van der Waals surface area contributed by atoms with Gasteiger partial charge in [0.15, 0.2) is 0 Å². The Morgan fingerprint density at radius 1 is 1.35 bits per heavy atom. The van der Waals surface area contributed by atoms with Crippen molar-refractivity contribution in [3.63, 3.8) is 0 Å². The summed E-state index contributed by atoms with van der Waals surface area (Å²) in [5, 5.41) is 10.1. The number of aliphatic hydroxyl groups is 1. The normalized spacial score (nSPS) is 21.4. The van der Waals surface area contributed by atoms with Crippen molar-refractivity contribution in [1.29, 1.82) is 0 Å². The maximum Gasteiger partial charge on any atom is 0.147 e. The van der Waals surface area contributed by atoms with Crippen LogP contribution in [0, 0.1) is 0 Å². The van der Waals surface area contributed by atoms with Crippen LogP contribution >= 0.6 is 0 Å². The van der Waals surface area contributed by atoms with Gasteiger partial charge in [0.25, 0.3) is 0 Å². The van der Waals surface area contributed by atoms with Crippen LogP contribution in [-0.4, -0.2) is 68.4 Å². The zero-order valence-corrected chi connectivity index (χ0v) is 11.7. The van der Waals surface area contributed by atoms with Gasteiger partial charge in [0.1, 0.15) is 9.84 Å². The summed E-state index contributed by atoms with van der Waals surface area (Å²) in [5.74, 6) is 0.0297. The first kappa shape index (κ1) is 14.9. The molecule has 1 unspecified atom stereocenters. The molecule has 1 rings (SSSR count). The van der Waals surface area contributed by atoms with Gasteiger partial charge in [-0.25, -0.2) is 8.42 Å². The number of rotatable bonds is 5. The van der Waals surface area contributed by atoms with E-state index in [1.54, 1.807) is 0 Å². The molecule has 1 saturated heterocycles. The molecule has 0 aromatic carbocycles. The Hall–Kier alpha value is -0.170. The first-order valence-electron chi connectivity index (χ1n) is 5.92. The molecule has 0 aliphatic carbocycles. The number of nitrogens with zero attached hydrogens (tertiary/aromatic N) is 1. The van der Waals surface area contributed by atoms with Gasteiger partial charge in [0, 0.05) is 24.9 Å². The molecule has 0 amide bonds. The second-order valence-electron chi connectivity index (χ2n) is 5.19. The minimum atomic E-state index is -3.01. The SMILES string of the molecule is CC(C)(C(O)CCS(C)(=O)=O)N1CCOCC1. The fourth-order valence-electron chi connectivity index (χ4n) is 2.03. The maximum absolute atomic E-state index is 11.1. The van der Waals surface area contributed by atoms with Crippen molar-refractivity contribution in [3.05, 3.63) is 0 Å². The van der Waals surface area contributed by atoms with Crippen molar-refractivity contribution in [1.82, 2.24) is 4.90 Å². The van der Waals surface area contributed by atoms with Crippen molar-refractivity contribution in [3.8, 4) is 0 Å². The second kappa shape index (κ2) is 5.65. The van der Waals surface area contributed by atoms with Crippen LogP contribution in [0.2, 0.25) is 0 Å². The van der Waals surface area contributed by atoms with E-state index in [9.17, 15) is 13.5 Å². The summed E-state index contributed by atoms with van der Waals surface area (Å²) in [6.07, 6.45) is 0.834. The van der Waals surface area contributed by atoms with Crippen LogP contribution in [0.1, 0.15) is 20.3 Å². The highest BCUT2D eigenvalue weighted by molar-refractivity contribution is 7.90. The molecule has 6 heteroatoms. The molecule has 1 aliphatic rings. The standard InChI is InChI=1S/C11H23NO4S/c1-11(2,12-5-7-16-8-6-12)10(13)4-9-17(3,14)15/h10,13H,4-9H2,1-3H3. The summed E-state index contributed by atoms with van der Waals surface area (Å²) in [4.78, 5) is 2.16. The van der Waals surface area contributed by atoms with Gasteiger partial charge in [-0.05, 0) is 20.3 Å². The fraction of sp³-hybridized carbons (Fsp3) is 1.00.